The van der Waals surface area contributed by atoms with Gasteiger partial charge in [0, 0.05) is 13.1 Å². The number of carbonyl (C=O) groups excluding carboxylic acids is 4. The molecule has 214 valence electrons. The van der Waals surface area contributed by atoms with Crippen LogP contribution in [0.2, 0.25) is 0 Å². The van der Waals surface area contributed by atoms with E-state index in [1.165, 1.54) is 6.33 Å². The summed E-state index contributed by atoms with van der Waals surface area (Å²) >= 11 is 0. The molecule has 39 heavy (non-hydrogen) atoms. The van der Waals surface area contributed by atoms with Crippen molar-refractivity contribution < 1.29 is 28.7 Å². The van der Waals surface area contributed by atoms with Gasteiger partial charge in [0.2, 0.25) is 0 Å². The van der Waals surface area contributed by atoms with Gasteiger partial charge in [-0.15, -0.1) is 0 Å². The van der Waals surface area contributed by atoms with E-state index in [-0.39, 0.29) is 23.9 Å². The van der Waals surface area contributed by atoms with Crippen molar-refractivity contribution in [2.45, 2.75) is 78.6 Å². The SMILES string of the molecule is CC(C)CC(NC(=O)c1nc[nH]c1C(=O)NCCCCCNC(=O)OC(C)(C)C)C(=O)OCc1ccccc1. The molecule has 11 nitrogen and oxygen atoms in total. The molecular weight excluding hydrogens is 502 g/mol. The molecule has 3 amide bonds. The van der Waals surface area contributed by atoms with Crippen LogP contribution < -0.4 is 16.0 Å². The molecule has 1 atom stereocenters. The molecule has 0 spiro atoms. The zero-order chi connectivity index (χ0) is 28.8. The van der Waals surface area contributed by atoms with Crippen molar-refractivity contribution in [3.8, 4) is 0 Å². The predicted octanol–water partition coefficient (Wildman–Crippen LogP) is 3.72. The largest absolute Gasteiger partial charge is 0.459 e. The number of esters is 1. The van der Waals surface area contributed by atoms with Crippen LogP contribution in [0.4, 0.5) is 4.79 Å². The number of nitrogens with one attached hydrogen (secondary N) is 4. The van der Waals surface area contributed by atoms with Gasteiger partial charge in [-0.3, -0.25) is 9.59 Å². The lowest BCUT2D eigenvalue weighted by Gasteiger charge is -2.19. The lowest BCUT2D eigenvalue weighted by molar-refractivity contribution is -0.147. The van der Waals surface area contributed by atoms with Crippen LogP contribution in [0.15, 0.2) is 36.7 Å². The molecule has 0 aliphatic heterocycles. The number of ether oxygens (including phenoxy) is 2. The van der Waals surface area contributed by atoms with E-state index in [0.29, 0.717) is 25.9 Å². The highest BCUT2D eigenvalue weighted by molar-refractivity contribution is 6.05. The summed E-state index contributed by atoms with van der Waals surface area (Å²) in [7, 11) is 0. The van der Waals surface area contributed by atoms with Crippen LogP contribution in [-0.2, 0) is 20.9 Å². The van der Waals surface area contributed by atoms with Crippen molar-refractivity contribution in [3.05, 3.63) is 53.6 Å². The zero-order valence-electron chi connectivity index (χ0n) is 23.5. The van der Waals surface area contributed by atoms with Crippen LogP contribution in [0.5, 0.6) is 0 Å². The van der Waals surface area contributed by atoms with E-state index in [2.05, 4.69) is 25.9 Å². The Kier molecular flexibility index (Phi) is 12.5. The lowest BCUT2D eigenvalue weighted by Crippen LogP contribution is -2.43. The first-order valence-electron chi connectivity index (χ1n) is 13.3. The maximum atomic E-state index is 13.0. The Bertz CT molecular complexity index is 1080. The number of carbonyl (C=O) groups is 4. The Balaban J connectivity index is 1.82. The molecule has 1 aromatic carbocycles. The van der Waals surface area contributed by atoms with Crippen LogP contribution in [0.3, 0.4) is 0 Å². The van der Waals surface area contributed by atoms with E-state index in [1.54, 1.807) is 20.8 Å². The number of imidazole rings is 1. The minimum Gasteiger partial charge on any atom is -0.459 e. The molecule has 0 fully saturated rings. The first kappa shape index (κ1) is 31.3. The normalized spacial score (nSPS) is 11.9. The van der Waals surface area contributed by atoms with Crippen LogP contribution in [0.25, 0.3) is 0 Å². The van der Waals surface area contributed by atoms with Crippen molar-refractivity contribution in [1.82, 2.24) is 25.9 Å². The molecule has 4 N–H and O–H groups in total. The second-order valence-electron chi connectivity index (χ2n) is 10.6. The number of amides is 3. The summed E-state index contributed by atoms with van der Waals surface area (Å²) in [6, 6.07) is 8.38. The average molecular weight is 544 g/mol. The van der Waals surface area contributed by atoms with E-state index in [9.17, 15) is 19.2 Å². The molecule has 1 heterocycles. The number of rotatable bonds is 14. The third-order valence-electron chi connectivity index (χ3n) is 5.41. The van der Waals surface area contributed by atoms with E-state index in [1.807, 2.05) is 44.2 Å². The monoisotopic (exact) mass is 543 g/mol. The standard InChI is InChI=1S/C28H41N5O6/c1-19(2)16-21(26(36)38-17-20-12-8-6-9-13-20)33-25(35)23-22(31-18-32-23)24(34)29-14-10-7-11-15-30-27(37)39-28(3,4)5/h6,8-9,12-13,18-19,21H,7,10-11,14-17H2,1-5H3,(H,29,34)(H,30,37)(H,31,32)(H,33,35). The highest BCUT2D eigenvalue weighted by Gasteiger charge is 2.27. The van der Waals surface area contributed by atoms with E-state index < -0.39 is 35.5 Å². The van der Waals surface area contributed by atoms with E-state index in [0.717, 1.165) is 18.4 Å². The molecule has 0 aliphatic carbocycles. The summed E-state index contributed by atoms with van der Waals surface area (Å²) < 4.78 is 10.6. The van der Waals surface area contributed by atoms with Gasteiger partial charge in [-0.05, 0) is 57.9 Å². The van der Waals surface area contributed by atoms with Crippen LogP contribution >= 0.6 is 0 Å². The first-order chi connectivity index (χ1) is 18.5. The Labute approximate surface area is 229 Å². The van der Waals surface area contributed by atoms with Crippen molar-refractivity contribution in [3.63, 3.8) is 0 Å². The molecular formula is C28H41N5O6. The molecule has 0 radical (unpaired) electrons. The zero-order valence-corrected chi connectivity index (χ0v) is 23.5. The Morgan fingerprint density at radius 1 is 0.949 bits per heavy atom. The lowest BCUT2D eigenvalue weighted by atomic mass is 10.0. The number of unbranched alkanes of at least 4 members (excludes halogenated alkanes) is 2. The highest BCUT2D eigenvalue weighted by atomic mass is 16.6. The topological polar surface area (TPSA) is 152 Å². The number of nitrogens with zero attached hydrogens (tertiary/aromatic N) is 1. The fourth-order valence-corrected chi connectivity index (χ4v) is 3.60. The van der Waals surface area contributed by atoms with Gasteiger partial charge in [0.15, 0.2) is 5.69 Å². The summed E-state index contributed by atoms with van der Waals surface area (Å²) in [4.78, 5) is 56.7. The van der Waals surface area contributed by atoms with E-state index >= 15 is 0 Å². The maximum Gasteiger partial charge on any atom is 0.407 e. The smallest absolute Gasteiger partial charge is 0.407 e. The van der Waals surface area contributed by atoms with Gasteiger partial charge in [0.1, 0.15) is 23.9 Å². The number of alkyl carbamates (subject to hydrolysis) is 1. The van der Waals surface area contributed by atoms with Gasteiger partial charge < -0.3 is 30.4 Å². The third-order valence-corrected chi connectivity index (χ3v) is 5.41. The second kappa shape index (κ2) is 15.5. The van der Waals surface area contributed by atoms with Crippen molar-refractivity contribution in [2.24, 2.45) is 5.92 Å². The summed E-state index contributed by atoms with van der Waals surface area (Å²) in [6.07, 6.45) is 3.35. The average Bonchev–Trinajstić information content (AvgIpc) is 3.36. The molecule has 0 aliphatic rings. The Morgan fingerprint density at radius 3 is 2.26 bits per heavy atom. The minimum atomic E-state index is -0.886. The summed E-state index contributed by atoms with van der Waals surface area (Å²) in [6.45, 7) is 10.2. The van der Waals surface area contributed by atoms with Crippen LogP contribution in [-0.4, -0.2) is 58.6 Å². The summed E-state index contributed by atoms with van der Waals surface area (Å²) in [5.74, 6) is -1.56. The van der Waals surface area contributed by atoms with Crippen molar-refractivity contribution >= 4 is 23.9 Å². The maximum absolute atomic E-state index is 13.0. The Morgan fingerprint density at radius 2 is 1.62 bits per heavy atom. The van der Waals surface area contributed by atoms with Gasteiger partial charge in [0.05, 0.1) is 6.33 Å². The van der Waals surface area contributed by atoms with Gasteiger partial charge in [-0.2, -0.15) is 0 Å². The minimum absolute atomic E-state index is 0.0139. The van der Waals surface area contributed by atoms with Crippen molar-refractivity contribution in [2.75, 3.05) is 13.1 Å². The summed E-state index contributed by atoms with van der Waals surface area (Å²) in [5, 5.41) is 8.13. The van der Waals surface area contributed by atoms with Gasteiger partial charge in [-0.1, -0.05) is 44.2 Å². The highest BCUT2D eigenvalue weighted by Crippen LogP contribution is 2.11. The summed E-state index contributed by atoms with van der Waals surface area (Å²) in [5.41, 5.74) is 0.211. The fourth-order valence-electron chi connectivity index (χ4n) is 3.60. The van der Waals surface area contributed by atoms with Crippen LogP contribution in [0.1, 0.15) is 86.8 Å². The molecule has 0 bridgehead atoms. The van der Waals surface area contributed by atoms with Gasteiger partial charge in [-0.25, -0.2) is 14.6 Å². The number of benzene rings is 1. The molecule has 0 saturated carbocycles. The first-order valence-corrected chi connectivity index (χ1v) is 13.3. The molecule has 2 rings (SSSR count). The molecule has 11 heteroatoms. The second-order valence-corrected chi connectivity index (χ2v) is 10.6. The number of aromatic nitrogens is 2. The van der Waals surface area contributed by atoms with Gasteiger partial charge >= 0.3 is 12.1 Å². The molecule has 1 aromatic heterocycles. The third kappa shape index (κ3) is 12.0. The predicted molar refractivity (Wildman–Crippen MR) is 146 cm³/mol. The van der Waals surface area contributed by atoms with Crippen molar-refractivity contribution in [1.29, 1.82) is 0 Å². The molecule has 0 saturated heterocycles. The molecule has 2 aromatic rings. The number of aromatic amines is 1. The van der Waals surface area contributed by atoms with Crippen LogP contribution in [0, 0.1) is 5.92 Å². The number of hydrogen-bond donors (Lipinski definition) is 4. The molecule has 1 unspecified atom stereocenters. The quantitative estimate of drug-likeness (QED) is 0.209. The van der Waals surface area contributed by atoms with E-state index in [4.69, 9.17) is 9.47 Å². The number of hydrogen-bond acceptors (Lipinski definition) is 7. The Hall–Kier alpha value is -3.89. The number of H-pyrrole nitrogens is 1. The van der Waals surface area contributed by atoms with Gasteiger partial charge in [0.25, 0.3) is 11.8 Å². The fraction of sp³-hybridized carbons (Fsp3) is 0.536.